The predicted octanol–water partition coefficient (Wildman–Crippen LogP) is 5.14. The van der Waals surface area contributed by atoms with Crippen molar-refractivity contribution in [2.75, 3.05) is 0 Å². The minimum atomic E-state index is -4.83. The van der Waals surface area contributed by atoms with E-state index in [4.69, 9.17) is 9.57 Å². The topological polar surface area (TPSA) is 80.9 Å². The molecule has 0 aliphatic heterocycles. The van der Waals surface area contributed by atoms with Crippen molar-refractivity contribution in [3.63, 3.8) is 0 Å². The Morgan fingerprint density at radius 1 is 0.912 bits per heavy atom. The first kappa shape index (κ1) is 23.2. The van der Waals surface area contributed by atoms with Gasteiger partial charge in [-0.25, -0.2) is 4.79 Å². The molecule has 176 valence electrons. The van der Waals surface area contributed by atoms with E-state index in [0.29, 0.717) is 22.0 Å². The summed E-state index contributed by atoms with van der Waals surface area (Å²) in [6.07, 6.45) is -7.49. The van der Waals surface area contributed by atoms with Crippen molar-refractivity contribution >= 4 is 16.9 Å². The van der Waals surface area contributed by atoms with Crippen LogP contribution in [0.25, 0.3) is 10.9 Å². The number of carbonyl (C=O) groups is 1. The molecule has 3 aromatic carbocycles. The van der Waals surface area contributed by atoms with Gasteiger partial charge in [0.05, 0.1) is 5.52 Å². The molecule has 6 nitrogen and oxygen atoms in total. The number of aromatic nitrogens is 1. The molecule has 34 heavy (non-hydrogen) atoms. The van der Waals surface area contributed by atoms with Crippen molar-refractivity contribution < 1.29 is 37.8 Å². The minimum absolute atomic E-state index is 0.00862. The summed E-state index contributed by atoms with van der Waals surface area (Å²) in [5, 5.41) is 19.9. The van der Waals surface area contributed by atoms with Gasteiger partial charge in [-0.1, -0.05) is 60.7 Å². The normalized spacial score (nSPS) is 12.5. The molecule has 0 amide bonds. The molecule has 1 heterocycles. The summed E-state index contributed by atoms with van der Waals surface area (Å²) in [5.41, 5.74) is 1.46. The van der Waals surface area contributed by atoms with Gasteiger partial charge in [-0.2, -0.15) is 17.9 Å². The van der Waals surface area contributed by atoms with Gasteiger partial charge in [0.1, 0.15) is 19.0 Å². The van der Waals surface area contributed by atoms with Crippen LogP contribution in [0.5, 0.6) is 5.75 Å². The fourth-order valence-electron chi connectivity index (χ4n) is 3.56. The van der Waals surface area contributed by atoms with Crippen molar-refractivity contribution in [1.82, 2.24) is 4.73 Å². The van der Waals surface area contributed by atoms with Crippen molar-refractivity contribution in [2.24, 2.45) is 0 Å². The maximum atomic E-state index is 13.0. The van der Waals surface area contributed by atoms with Crippen molar-refractivity contribution in [1.29, 1.82) is 0 Å². The first-order valence-electron chi connectivity index (χ1n) is 10.3. The van der Waals surface area contributed by atoms with Crippen molar-refractivity contribution in [3.05, 3.63) is 101 Å². The predicted molar refractivity (Wildman–Crippen MR) is 117 cm³/mol. The zero-order chi connectivity index (χ0) is 24.3. The molecule has 2 N–H and O–H groups in total. The van der Waals surface area contributed by atoms with Gasteiger partial charge in [0.2, 0.25) is 0 Å². The second kappa shape index (κ2) is 9.48. The highest BCUT2D eigenvalue weighted by atomic mass is 19.4. The van der Waals surface area contributed by atoms with Gasteiger partial charge in [-0.05, 0) is 29.3 Å². The number of carboxylic acids is 1. The lowest BCUT2D eigenvalue weighted by Gasteiger charge is -2.19. The first-order valence-corrected chi connectivity index (χ1v) is 10.3. The Balaban J connectivity index is 1.55. The summed E-state index contributed by atoms with van der Waals surface area (Å²) in [6.45, 7) is -0.0926. The number of benzene rings is 3. The van der Waals surface area contributed by atoms with Gasteiger partial charge >= 0.3 is 12.1 Å². The Bertz CT molecular complexity index is 1320. The molecule has 4 aromatic rings. The number of hydrogen-bond acceptors (Lipinski definition) is 4. The zero-order valence-corrected chi connectivity index (χ0v) is 17.7. The van der Waals surface area contributed by atoms with E-state index in [1.54, 1.807) is 48.5 Å². The summed E-state index contributed by atoms with van der Waals surface area (Å²) < 4.78 is 45.9. The number of aliphatic hydroxyl groups excluding tert-OH is 1. The van der Waals surface area contributed by atoms with Crippen LogP contribution in [0.1, 0.15) is 33.3 Å². The number of para-hydroxylation sites is 2. The van der Waals surface area contributed by atoms with E-state index >= 15 is 0 Å². The molecule has 9 heteroatoms. The average molecular weight is 471 g/mol. The number of nitrogens with zero attached hydrogens (tertiary/aromatic N) is 1. The van der Waals surface area contributed by atoms with E-state index in [1.807, 2.05) is 0 Å². The molecule has 0 saturated carbocycles. The summed E-state index contributed by atoms with van der Waals surface area (Å²) in [5.74, 6) is -1.24. The Labute approximate surface area is 192 Å². The molecule has 4 rings (SSSR count). The lowest BCUT2D eigenvalue weighted by Crippen LogP contribution is -2.21. The van der Waals surface area contributed by atoms with E-state index in [1.165, 1.54) is 29.0 Å². The number of hydrogen-bond donors (Lipinski definition) is 2. The molecule has 0 aliphatic carbocycles. The fraction of sp³-hybridized carbons (Fsp3) is 0.160. The summed E-state index contributed by atoms with van der Waals surface area (Å²) in [7, 11) is 0. The lowest BCUT2D eigenvalue weighted by molar-refractivity contribution is -0.207. The third kappa shape index (κ3) is 4.84. The first-order chi connectivity index (χ1) is 16.3. The quantitative estimate of drug-likeness (QED) is 0.372. The second-order valence-corrected chi connectivity index (χ2v) is 7.50. The maximum Gasteiger partial charge on any atom is 0.418 e. The number of rotatable bonds is 8. The molecule has 0 bridgehead atoms. The highest BCUT2D eigenvalue weighted by Gasteiger charge is 2.40. The standard InChI is InChI=1S/C25H20F3NO5/c26-25(27,28)23(30)19-10-4-6-12-22(19)33-14-17-8-1-2-9-18(17)15-34-29-20-11-5-3-7-16(20)13-21(29)24(31)32/h1-13,23,30H,14-15H2,(H,31,32). The summed E-state index contributed by atoms with van der Waals surface area (Å²) in [6, 6.07) is 21.0. The molecule has 0 spiro atoms. The van der Waals surface area contributed by atoms with Crippen LogP contribution in [0.15, 0.2) is 78.9 Å². The molecule has 0 fully saturated rings. The average Bonchev–Trinajstić information content (AvgIpc) is 3.20. The number of carboxylic acid groups (broad SMARTS) is 1. The Hall–Kier alpha value is -3.98. The van der Waals surface area contributed by atoms with Gasteiger partial charge in [0.15, 0.2) is 11.8 Å². The van der Waals surface area contributed by atoms with Crippen LogP contribution < -0.4 is 9.57 Å². The second-order valence-electron chi connectivity index (χ2n) is 7.50. The molecule has 1 aromatic heterocycles. The molecule has 0 saturated heterocycles. The number of aromatic carboxylic acids is 1. The Morgan fingerprint density at radius 2 is 1.53 bits per heavy atom. The maximum absolute atomic E-state index is 13.0. The molecule has 0 radical (unpaired) electrons. The van der Waals surface area contributed by atoms with Crippen molar-refractivity contribution in [2.45, 2.75) is 25.5 Å². The third-order valence-corrected chi connectivity index (χ3v) is 5.26. The largest absolute Gasteiger partial charge is 0.489 e. The molecular formula is C25H20F3NO5. The number of alkyl halides is 3. The molecule has 0 aliphatic rings. The van der Waals surface area contributed by atoms with Gasteiger partial charge < -0.3 is 19.8 Å². The smallest absolute Gasteiger partial charge is 0.418 e. The van der Waals surface area contributed by atoms with E-state index in [9.17, 15) is 28.2 Å². The number of aliphatic hydroxyl groups is 1. The van der Waals surface area contributed by atoms with Crippen LogP contribution in [0, 0.1) is 0 Å². The molecule has 1 atom stereocenters. The number of fused-ring (bicyclic) bond motifs is 1. The fourth-order valence-corrected chi connectivity index (χ4v) is 3.56. The number of halogens is 3. The number of ether oxygens (including phenoxy) is 1. The Kier molecular flexibility index (Phi) is 6.47. The van der Waals surface area contributed by atoms with Crippen molar-refractivity contribution in [3.8, 4) is 5.75 Å². The van der Waals surface area contributed by atoms with Gasteiger partial charge in [-0.15, -0.1) is 0 Å². The van der Waals surface area contributed by atoms with E-state index in [0.717, 1.165) is 6.07 Å². The van der Waals surface area contributed by atoms with Gasteiger partial charge in [0, 0.05) is 10.9 Å². The Morgan fingerprint density at radius 3 is 2.24 bits per heavy atom. The van der Waals surface area contributed by atoms with Gasteiger partial charge in [0.25, 0.3) is 0 Å². The summed E-state index contributed by atoms with van der Waals surface area (Å²) in [4.78, 5) is 17.5. The summed E-state index contributed by atoms with van der Waals surface area (Å²) >= 11 is 0. The highest BCUT2D eigenvalue weighted by Crippen LogP contribution is 2.37. The van der Waals surface area contributed by atoms with Crippen LogP contribution in [0.3, 0.4) is 0 Å². The molecular weight excluding hydrogens is 451 g/mol. The zero-order valence-electron chi connectivity index (χ0n) is 17.7. The van der Waals surface area contributed by atoms with Crippen LogP contribution in [-0.4, -0.2) is 27.1 Å². The van der Waals surface area contributed by atoms with Crippen LogP contribution in [-0.2, 0) is 13.2 Å². The van der Waals surface area contributed by atoms with Crippen LogP contribution in [0.2, 0.25) is 0 Å². The SMILES string of the molecule is O=C(O)c1cc2ccccc2n1OCc1ccccc1COc1ccccc1C(O)C(F)(F)F. The van der Waals surface area contributed by atoms with Gasteiger partial charge in [-0.3, -0.25) is 0 Å². The van der Waals surface area contributed by atoms with E-state index < -0.39 is 18.2 Å². The van der Waals surface area contributed by atoms with Crippen LogP contribution >= 0.6 is 0 Å². The lowest BCUT2D eigenvalue weighted by atomic mass is 10.1. The minimum Gasteiger partial charge on any atom is -0.489 e. The van der Waals surface area contributed by atoms with Crippen LogP contribution in [0.4, 0.5) is 13.2 Å². The van der Waals surface area contributed by atoms with E-state index in [-0.39, 0.29) is 30.2 Å². The monoisotopic (exact) mass is 471 g/mol. The molecule has 1 unspecified atom stereocenters. The third-order valence-electron chi connectivity index (χ3n) is 5.26. The highest BCUT2D eigenvalue weighted by molar-refractivity contribution is 5.94. The van der Waals surface area contributed by atoms with E-state index in [2.05, 4.69) is 0 Å².